The van der Waals surface area contributed by atoms with Gasteiger partial charge < -0.3 is 9.72 Å². The highest BCUT2D eigenvalue weighted by molar-refractivity contribution is 5.41. The molecule has 0 saturated carbocycles. The minimum atomic E-state index is -0.152. The molecule has 0 unspecified atom stereocenters. The zero-order valence-electron chi connectivity index (χ0n) is 8.72. The van der Waals surface area contributed by atoms with Gasteiger partial charge in [-0.2, -0.15) is 5.10 Å². The lowest BCUT2D eigenvalue weighted by Crippen LogP contribution is -2.18. The monoisotopic (exact) mass is 220 g/mol. The van der Waals surface area contributed by atoms with Crippen LogP contribution < -0.4 is 5.56 Å². The molecular formula is C10H12N4O2. The largest absolute Gasteiger partial charge is 0.381 e. The Bertz CT molecular complexity index is 553. The van der Waals surface area contributed by atoms with E-state index in [1.807, 2.05) is 0 Å². The Morgan fingerprint density at radius 3 is 3.06 bits per heavy atom. The van der Waals surface area contributed by atoms with Crippen LogP contribution in [0.15, 0.2) is 17.3 Å². The van der Waals surface area contributed by atoms with Gasteiger partial charge in [-0.25, -0.2) is 9.50 Å². The van der Waals surface area contributed by atoms with Crippen LogP contribution in [0.3, 0.4) is 0 Å². The lowest BCUT2D eigenvalue weighted by Gasteiger charge is -2.20. The van der Waals surface area contributed by atoms with Gasteiger partial charge in [0.05, 0.1) is 6.20 Å². The molecule has 0 aromatic carbocycles. The van der Waals surface area contributed by atoms with E-state index in [-0.39, 0.29) is 5.56 Å². The second-order valence-corrected chi connectivity index (χ2v) is 3.92. The first-order valence-corrected chi connectivity index (χ1v) is 5.35. The first-order valence-electron chi connectivity index (χ1n) is 5.35. The molecule has 6 nitrogen and oxygen atoms in total. The Hall–Kier alpha value is -1.69. The summed E-state index contributed by atoms with van der Waals surface area (Å²) in [7, 11) is 0. The van der Waals surface area contributed by atoms with Crippen LogP contribution in [0.5, 0.6) is 0 Å². The Morgan fingerprint density at radius 2 is 2.25 bits per heavy atom. The van der Waals surface area contributed by atoms with E-state index >= 15 is 0 Å². The lowest BCUT2D eigenvalue weighted by molar-refractivity contribution is 0.0832. The lowest BCUT2D eigenvalue weighted by atomic mass is 10.00. The molecule has 1 aliphatic heterocycles. The number of rotatable bonds is 1. The Morgan fingerprint density at radius 1 is 1.44 bits per heavy atom. The third-order valence-electron chi connectivity index (χ3n) is 2.95. The Balaban J connectivity index is 2.10. The summed E-state index contributed by atoms with van der Waals surface area (Å²) in [6.07, 6.45) is 4.86. The summed E-state index contributed by atoms with van der Waals surface area (Å²) in [4.78, 5) is 18.3. The maximum Gasteiger partial charge on any atom is 0.276 e. The number of aromatic amines is 1. The van der Waals surface area contributed by atoms with Gasteiger partial charge in [0.25, 0.3) is 5.56 Å². The number of hydrogen-bond acceptors (Lipinski definition) is 4. The number of aromatic nitrogens is 4. The van der Waals surface area contributed by atoms with Crippen molar-refractivity contribution in [1.82, 2.24) is 19.6 Å². The molecule has 3 rings (SSSR count). The van der Waals surface area contributed by atoms with E-state index in [0.717, 1.165) is 31.9 Å². The van der Waals surface area contributed by atoms with Crippen molar-refractivity contribution in [1.29, 1.82) is 0 Å². The van der Waals surface area contributed by atoms with E-state index < -0.39 is 0 Å². The number of H-pyrrole nitrogens is 1. The van der Waals surface area contributed by atoms with Crippen LogP contribution in [0.1, 0.15) is 24.6 Å². The Kier molecular flexibility index (Phi) is 2.21. The molecule has 0 radical (unpaired) electrons. The highest BCUT2D eigenvalue weighted by atomic mass is 16.5. The van der Waals surface area contributed by atoms with Crippen LogP contribution in [0.2, 0.25) is 0 Å². The van der Waals surface area contributed by atoms with Crippen LogP contribution in [-0.4, -0.2) is 32.8 Å². The molecule has 0 bridgehead atoms. The SMILES string of the molecule is O=c1[nH]cnn2c(C3CCOCC3)ncc12. The molecule has 16 heavy (non-hydrogen) atoms. The second-order valence-electron chi connectivity index (χ2n) is 3.92. The average molecular weight is 220 g/mol. The van der Waals surface area contributed by atoms with Crippen molar-refractivity contribution in [3.8, 4) is 0 Å². The predicted octanol–water partition coefficient (Wildman–Crippen LogP) is 0.312. The van der Waals surface area contributed by atoms with Crippen molar-refractivity contribution < 1.29 is 4.74 Å². The molecule has 0 amide bonds. The fraction of sp³-hybridized carbons (Fsp3) is 0.500. The fourth-order valence-electron chi connectivity index (χ4n) is 2.09. The van der Waals surface area contributed by atoms with Crippen molar-refractivity contribution in [2.24, 2.45) is 0 Å². The van der Waals surface area contributed by atoms with E-state index in [4.69, 9.17) is 4.74 Å². The summed E-state index contributed by atoms with van der Waals surface area (Å²) < 4.78 is 6.94. The standard InChI is InChI=1S/C10H12N4O2/c15-10-8-5-11-9(14(8)13-6-12-10)7-1-3-16-4-2-7/h5-7H,1-4H2,(H,12,13,15). The van der Waals surface area contributed by atoms with Crippen molar-refractivity contribution in [2.45, 2.75) is 18.8 Å². The van der Waals surface area contributed by atoms with Crippen molar-refractivity contribution in [2.75, 3.05) is 13.2 Å². The third kappa shape index (κ3) is 1.42. The quantitative estimate of drug-likeness (QED) is 0.750. The maximum absolute atomic E-state index is 11.5. The van der Waals surface area contributed by atoms with E-state index in [9.17, 15) is 4.79 Å². The molecule has 84 valence electrons. The predicted molar refractivity (Wildman–Crippen MR) is 56.4 cm³/mol. The molecule has 2 aromatic rings. The molecule has 1 saturated heterocycles. The number of fused-ring (bicyclic) bond motifs is 1. The molecule has 1 aliphatic rings. The number of imidazole rings is 1. The van der Waals surface area contributed by atoms with Gasteiger partial charge in [-0.15, -0.1) is 0 Å². The van der Waals surface area contributed by atoms with E-state index in [0.29, 0.717) is 11.4 Å². The van der Waals surface area contributed by atoms with Gasteiger partial charge in [0.1, 0.15) is 12.2 Å². The zero-order chi connectivity index (χ0) is 11.0. The smallest absolute Gasteiger partial charge is 0.276 e. The van der Waals surface area contributed by atoms with Gasteiger partial charge >= 0.3 is 0 Å². The van der Waals surface area contributed by atoms with E-state index in [1.165, 1.54) is 6.33 Å². The third-order valence-corrected chi connectivity index (χ3v) is 2.95. The number of hydrogen-bond donors (Lipinski definition) is 1. The van der Waals surface area contributed by atoms with Crippen LogP contribution >= 0.6 is 0 Å². The topological polar surface area (TPSA) is 72.3 Å². The van der Waals surface area contributed by atoms with Crippen molar-refractivity contribution in [3.05, 3.63) is 28.7 Å². The van der Waals surface area contributed by atoms with Gasteiger partial charge in [-0.1, -0.05) is 0 Å². The summed E-state index contributed by atoms with van der Waals surface area (Å²) in [6, 6.07) is 0. The van der Waals surface area contributed by atoms with Crippen LogP contribution in [-0.2, 0) is 4.74 Å². The van der Waals surface area contributed by atoms with Gasteiger partial charge in [-0.3, -0.25) is 4.79 Å². The molecule has 2 aromatic heterocycles. The van der Waals surface area contributed by atoms with Gasteiger partial charge in [0, 0.05) is 19.1 Å². The normalized spacial score (nSPS) is 18.0. The molecule has 1 N–H and O–H groups in total. The van der Waals surface area contributed by atoms with Crippen LogP contribution in [0, 0.1) is 0 Å². The molecule has 3 heterocycles. The highest BCUT2D eigenvalue weighted by Crippen LogP contribution is 2.25. The van der Waals surface area contributed by atoms with E-state index in [1.54, 1.807) is 10.7 Å². The van der Waals surface area contributed by atoms with Gasteiger partial charge in [-0.05, 0) is 12.8 Å². The Labute approximate surface area is 91.3 Å². The number of nitrogens with zero attached hydrogens (tertiary/aromatic N) is 3. The summed E-state index contributed by atoms with van der Waals surface area (Å²) in [5.74, 6) is 1.20. The fourth-order valence-corrected chi connectivity index (χ4v) is 2.09. The second kappa shape index (κ2) is 3.71. The molecular weight excluding hydrogens is 208 g/mol. The van der Waals surface area contributed by atoms with E-state index in [2.05, 4.69) is 15.1 Å². The summed E-state index contributed by atoms with van der Waals surface area (Å²) in [6.45, 7) is 1.51. The van der Waals surface area contributed by atoms with Crippen LogP contribution in [0.25, 0.3) is 5.52 Å². The first kappa shape index (κ1) is 9.53. The number of nitrogens with one attached hydrogen (secondary N) is 1. The highest BCUT2D eigenvalue weighted by Gasteiger charge is 2.21. The first-order chi connectivity index (χ1) is 7.86. The molecule has 0 aliphatic carbocycles. The maximum atomic E-state index is 11.5. The van der Waals surface area contributed by atoms with Gasteiger partial charge in [0.2, 0.25) is 0 Å². The minimum absolute atomic E-state index is 0.152. The molecule has 6 heteroatoms. The average Bonchev–Trinajstić information content (AvgIpc) is 2.75. The molecule has 0 spiro atoms. The summed E-state index contributed by atoms with van der Waals surface area (Å²) in [5.41, 5.74) is 0.352. The van der Waals surface area contributed by atoms with Crippen molar-refractivity contribution in [3.63, 3.8) is 0 Å². The zero-order valence-corrected chi connectivity index (χ0v) is 8.72. The summed E-state index contributed by atoms with van der Waals surface area (Å²) in [5, 5.41) is 4.13. The summed E-state index contributed by atoms with van der Waals surface area (Å²) >= 11 is 0. The molecule has 1 fully saturated rings. The number of ether oxygens (including phenoxy) is 1. The molecule has 0 atom stereocenters. The van der Waals surface area contributed by atoms with Crippen molar-refractivity contribution >= 4 is 5.52 Å². The minimum Gasteiger partial charge on any atom is -0.381 e. The van der Waals surface area contributed by atoms with Crippen LogP contribution in [0.4, 0.5) is 0 Å². The van der Waals surface area contributed by atoms with Gasteiger partial charge in [0.15, 0.2) is 5.52 Å².